The molecule has 0 aliphatic rings. The summed E-state index contributed by atoms with van der Waals surface area (Å²) in [5, 5.41) is 0. The first-order valence-corrected chi connectivity index (χ1v) is 11.0. The van der Waals surface area contributed by atoms with Gasteiger partial charge in [0.15, 0.2) is 0 Å². The lowest BCUT2D eigenvalue weighted by atomic mass is 10.1. The van der Waals surface area contributed by atoms with Crippen LogP contribution in [0.25, 0.3) is 0 Å². The number of amides is 1. The van der Waals surface area contributed by atoms with Crippen LogP contribution >= 0.6 is 0 Å². The summed E-state index contributed by atoms with van der Waals surface area (Å²) >= 11 is 0. The van der Waals surface area contributed by atoms with Gasteiger partial charge in [0.1, 0.15) is 5.75 Å². The van der Waals surface area contributed by atoms with E-state index >= 15 is 0 Å². The summed E-state index contributed by atoms with van der Waals surface area (Å²) in [6.07, 6.45) is 1.02. The predicted octanol–water partition coefficient (Wildman–Crippen LogP) is 2.50. The van der Waals surface area contributed by atoms with Crippen LogP contribution in [0.4, 0.5) is 5.69 Å². The van der Waals surface area contributed by atoms with Crippen LogP contribution in [-0.2, 0) is 26.2 Å². The number of methoxy groups -OCH3 is 1. The van der Waals surface area contributed by atoms with Crippen molar-refractivity contribution in [1.29, 1.82) is 0 Å². The van der Waals surface area contributed by atoms with Gasteiger partial charge < -0.3 is 18.7 Å². The molecule has 0 radical (unpaired) electrons. The van der Waals surface area contributed by atoms with Crippen molar-refractivity contribution in [2.75, 3.05) is 44.5 Å². The molecule has 0 bridgehead atoms. The maximum absolute atomic E-state index is 12.5. The Balaban J connectivity index is 3.27. The van der Waals surface area contributed by atoms with Crippen LogP contribution in [0.3, 0.4) is 0 Å². The van der Waals surface area contributed by atoms with E-state index in [0.29, 0.717) is 18.7 Å². The van der Waals surface area contributed by atoms with Gasteiger partial charge in [0, 0.05) is 56.5 Å². The second kappa shape index (κ2) is 10.5. The molecule has 0 N–H and O–H groups in total. The normalized spacial score (nSPS) is 11.5. The predicted molar refractivity (Wildman–Crippen MR) is 108 cm³/mol. The van der Waals surface area contributed by atoms with Crippen molar-refractivity contribution in [2.45, 2.75) is 34.2 Å². The highest BCUT2D eigenvalue weighted by Gasteiger charge is 2.21. The Hall–Kier alpha value is -1.80. The summed E-state index contributed by atoms with van der Waals surface area (Å²) in [4.78, 5) is 16.3. The quantitative estimate of drug-likeness (QED) is 0.531. The van der Waals surface area contributed by atoms with E-state index in [1.807, 2.05) is 39.8 Å². The van der Waals surface area contributed by atoms with E-state index in [2.05, 4.69) is 4.90 Å². The standard InChI is InChI=1S/C19H32N2O5S/c1-7-20(8-2)17-10-9-16(18(13-17)26-27(6,23)24)14-21(11-12-25-5)19(22)15(3)4/h9-10,13,15H,7-8,11-12,14H2,1-6H3. The molecule has 1 aromatic rings. The van der Waals surface area contributed by atoms with Gasteiger partial charge in [-0.2, -0.15) is 8.42 Å². The molecular weight excluding hydrogens is 368 g/mol. The van der Waals surface area contributed by atoms with E-state index in [-0.39, 0.29) is 24.1 Å². The molecule has 0 saturated heterocycles. The average Bonchev–Trinajstić information content (AvgIpc) is 2.59. The number of anilines is 1. The Bertz CT molecular complexity index is 715. The van der Waals surface area contributed by atoms with Crippen molar-refractivity contribution in [2.24, 2.45) is 5.92 Å². The number of nitrogens with zero attached hydrogens (tertiary/aromatic N) is 2. The summed E-state index contributed by atoms with van der Waals surface area (Å²) in [6.45, 7) is 10.4. The van der Waals surface area contributed by atoms with Crippen LogP contribution in [0.1, 0.15) is 33.3 Å². The van der Waals surface area contributed by atoms with Crippen LogP contribution in [0, 0.1) is 5.92 Å². The SMILES string of the molecule is CCN(CC)c1ccc(CN(CCOC)C(=O)C(C)C)c(OS(C)(=O)=O)c1. The van der Waals surface area contributed by atoms with Crippen molar-refractivity contribution in [3.63, 3.8) is 0 Å². The largest absolute Gasteiger partial charge is 0.383 e. The zero-order chi connectivity index (χ0) is 20.6. The molecule has 1 rings (SSSR count). The summed E-state index contributed by atoms with van der Waals surface area (Å²) in [6, 6.07) is 5.46. The van der Waals surface area contributed by atoms with Gasteiger partial charge in [0.05, 0.1) is 12.9 Å². The summed E-state index contributed by atoms with van der Waals surface area (Å²) in [7, 11) is -2.11. The number of rotatable bonds is 11. The lowest BCUT2D eigenvalue weighted by Crippen LogP contribution is -2.36. The van der Waals surface area contributed by atoms with Gasteiger partial charge in [-0.25, -0.2) is 0 Å². The fourth-order valence-electron chi connectivity index (χ4n) is 2.74. The van der Waals surface area contributed by atoms with Crippen molar-refractivity contribution in [3.05, 3.63) is 23.8 Å². The lowest BCUT2D eigenvalue weighted by molar-refractivity contribution is -0.135. The third kappa shape index (κ3) is 7.38. The molecule has 1 amide bonds. The maximum atomic E-state index is 12.5. The van der Waals surface area contributed by atoms with Crippen LogP contribution in [0.2, 0.25) is 0 Å². The van der Waals surface area contributed by atoms with Crippen LogP contribution in [0.5, 0.6) is 5.75 Å². The molecular formula is C19H32N2O5S. The molecule has 0 aliphatic carbocycles. The molecule has 0 fully saturated rings. The van der Waals surface area contributed by atoms with E-state index < -0.39 is 10.1 Å². The maximum Gasteiger partial charge on any atom is 0.306 e. The molecule has 27 heavy (non-hydrogen) atoms. The Morgan fingerprint density at radius 2 is 1.81 bits per heavy atom. The van der Waals surface area contributed by atoms with Gasteiger partial charge in [-0.3, -0.25) is 4.79 Å². The van der Waals surface area contributed by atoms with Crippen molar-refractivity contribution < 1.29 is 22.1 Å². The molecule has 0 aliphatic heterocycles. The van der Waals surface area contributed by atoms with E-state index in [9.17, 15) is 13.2 Å². The van der Waals surface area contributed by atoms with E-state index in [4.69, 9.17) is 8.92 Å². The Kier molecular flexibility index (Phi) is 9.05. The Morgan fingerprint density at radius 1 is 1.19 bits per heavy atom. The van der Waals surface area contributed by atoms with E-state index in [1.165, 1.54) is 0 Å². The van der Waals surface area contributed by atoms with Crippen LogP contribution in [0.15, 0.2) is 18.2 Å². The average molecular weight is 401 g/mol. The minimum absolute atomic E-state index is 0.0230. The van der Waals surface area contributed by atoms with Crippen molar-refractivity contribution >= 4 is 21.7 Å². The topological polar surface area (TPSA) is 76.2 Å². The number of carbonyl (C=O) groups excluding carboxylic acids is 1. The molecule has 0 aromatic heterocycles. The van der Waals surface area contributed by atoms with Gasteiger partial charge >= 0.3 is 10.1 Å². The molecule has 0 unspecified atom stereocenters. The molecule has 0 spiro atoms. The zero-order valence-electron chi connectivity index (χ0n) is 17.2. The molecule has 0 heterocycles. The monoisotopic (exact) mass is 400 g/mol. The molecule has 1 aromatic carbocycles. The zero-order valence-corrected chi connectivity index (χ0v) is 18.0. The first-order chi connectivity index (χ1) is 12.6. The number of carbonyl (C=O) groups is 1. The molecule has 154 valence electrons. The van der Waals surface area contributed by atoms with E-state index in [0.717, 1.165) is 25.0 Å². The summed E-state index contributed by atoms with van der Waals surface area (Å²) in [5.41, 5.74) is 1.52. The van der Waals surface area contributed by atoms with Gasteiger partial charge in [0.2, 0.25) is 5.91 Å². The minimum atomic E-state index is -3.69. The highest BCUT2D eigenvalue weighted by molar-refractivity contribution is 7.86. The molecule has 0 atom stereocenters. The lowest BCUT2D eigenvalue weighted by Gasteiger charge is -2.26. The summed E-state index contributed by atoms with van der Waals surface area (Å²) in [5.74, 6) is 0.0575. The smallest absolute Gasteiger partial charge is 0.306 e. The highest BCUT2D eigenvalue weighted by Crippen LogP contribution is 2.28. The number of benzene rings is 1. The van der Waals surface area contributed by atoms with Gasteiger partial charge in [0.25, 0.3) is 0 Å². The van der Waals surface area contributed by atoms with Crippen molar-refractivity contribution in [1.82, 2.24) is 4.90 Å². The highest BCUT2D eigenvalue weighted by atomic mass is 32.2. The number of ether oxygens (including phenoxy) is 1. The Morgan fingerprint density at radius 3 is 2.30 bits per heavy atom. The van der Waals surface area contributed by atoms with Gasteiger partial charge in [-0.05, 0) is 19.9 Å². The van der Waals surface area contributed by atoms with Gasteiger partial charge in [-0.15, -0.1) is 0 Å². The minimum Gasteiger partial charge on any atom is -0.383 e. The van der Waals surface area contributed by atoms with E-state index in [1.54, 1.807) is 18.1 Å². The summed E-state index contributed by atoms with van der Waals surface area (Å²) < 4.78 is 33.8. The first kappa shape index (κ1) is 23.2. The first-order valence-electron chi connectivity index (χ1n) is 9.17. The Labute approximate surface area is 163 Å². The van der Waals surface area contributed by atoms with Crippen molar-refractivity contribution in [3.8, 4) is 5.75 Å². The second-order valence-electron chi connectivity index (χ2n) is 6.66. The van der Waals surface area contributed by atoms with Crippen LogP contribution in [-0.4, -0.2) is 58.8 Å². The second-order valence-corrected chi connectivity index (χ2v) is 8.23. The third-order valence-corrected chi connectivity index (χ3v) is 4.63. The third-order valence-electron chi connectivity index (χ3n) is 4.15. The fourth-order valence-corrected chi connectivity index (χ4v) is 3.22. The fraction of sp³-hybridized carbons (Fsp3) is 0.632. The molecule has 8 heteroatoms. The van der Waals surface area contributed by atoms with Crippen LogP contribution < -0.4 is 9.08 Å². The number of hydrogen-bond acceptors (Lipinski definition) is 6. The van der Waals surface area contributed by atoms with Gasteiger partial charge in [-0.1, -0.05) is 19.9 Å². The number of hydrogen-bond donors (Lipinski definition) is 0. The molecule has 7 nitrogen and oxygen atoms in total. The molecule has 0 saturated carbocycles.